The van der Waals surface area contributed by atoms with Crippen molar-refractivity contribution in [2.75, 3.05) is 11.1 Å². The largest absolute Gasteiger partial charge is 0.442 e. The second kappa shape index (κ2) is 5.72. The number of rotatable bonds is 4. The van der Waals surface area contributed by atoms with Gasteiger partial charge in [0.15, 0.2) is 11.5 Å². The smallest absolute Gasteiger partial charge is 0.277 e. The molecule has 0 aliphatic carbocycles. The summed E-state index contributed by atoms with van der Waals surface area (Å²) in [6.45, 7) is 2.08. The molecule has 0 radical (unpaired) electrons. The fourth-order valence-corrected chi connectivity index (χ4v) is 1.99. The number of aromatic amines is 1. The number of hydrogen-bond acceptors (Lipinski definition) is 5. The van der Waals surface area contributed by atoms with Gasteiger partial charge in [0.05, 0.1) is 6.33 Å². The van der Waals surface area contributed by atoms with Crippen LogP contribution in [0, 0.1) is 0 Å². The summed E-state index contributed by atoms with van der Waals surface area (Å²) < 4.78 is 5.26. The zero-order valence-electron chi connectivity index (χ0n) is 12.0. The normalized spacial score (nSPS) is 10.6. The van der Waals surface area contributed by atoms with E-state index >= 15 is 0 Å². The molecule has 0 bridgehead atoms. The van der Waals surface area contributed by atoms with Crippen LogP contribution in [0.5, 0.6) is 0 Å². The number of nitrogen functional groups attached to an aromatic ring is 1. The minimum Gasteiger partial charge on any atom is -0.442 e. The summed E-state index contributed by atoms with van der Waals surface area (Å²) in [5, 5.41) is 2.76. The Labute approximate surface area is 126 Å². The van der Waals surface area contributed by atoms with Gasteiger partial charge in [0, 0.05) is 5.69 Å². The Morgan fingerprint density at radius 3 is 2.77 bits per heavy atom. The number of aromatic nitrogens is 3. The van der Waals surface area contributed by atoms with Crippen LogP contribution in [-0.4, -0.2) is 20.9 Å². The van der Waals surface area contributed by atoms with E-state index in [4.69, 9.17) is 10.2 Å². The SMILES string of the molecule is CCc1ccc(NC(=O)c2coc(-c3[nH]cnc3N)n2)cc1. The number of benzene rings is 1. The van der Waals surface area contributed by atoms with E-state index < -0.39 is 0 Å². The van der Waals surface area contributed by atoms with Crippen molar-refractivity contribution < 1.29 is 9.21 Å². The molecular formula is C15H15N5O2. The number of nitrogens with two attached hydrogens (primary N) is 1. The molecule has 0 aliphatic heterocycles. The van der Waals surface area contributed by atoms with Gasteiger partial charge in [0.25, 0.3) is 5.91 Å². The number of imidazole rings is 1. The molecule has 0 saturated carbocycles. The van der Waals surface area contributed by atoms with Crippen LogP contribution in [0.4, 0.5) is 11.5 Å². The van der Waals surface area contributed by atoms with E-state index in [1.165, 1.54) is 18.2 Å². The second-order valence-corrected chi connectivity index (χ2v) is 4.71. The quantitative estimate of drug-likeness (QED) is 0.685. The minimum absolute atomic E-state index is 0.170. The van der Waals surface area contributed by atoms with E-state index in [2.05, 4.69) is 27.2 Å². The molecule has 0 fully saturated rings. The van der Waals surface area contributed by atoms with Crippen molar-refractivity contribution in [2.24, 2.45) is 0 Å². The summed E-state index contributed by atoms with van der Waals surface area (Å²) in [6, 6.07) is 7.64. The molecule has 3 aromatic rings. The summed E-state index contributed by atoms with van der Waals surface area (Å²) in [4.78, 5) is 22.9. The minimum atomic E-state index is -0.350. The van der Waals surface area contributed by atoms with Gasteiger partial charge in [-0.3, -0.25) is 4.79 Å². The number of nitrogens with zero attached hydrogens (tertiary/aromatic N) is 2. The van der Waals surface area contributed by atoms with Gasteiger partial charge < -0.3 is 20.5 Å². The van der Waals surface area contributed by atoms with Crippen LogP contribution in [0.15, 0.2) is 41.3 Å². The highest BCUT2D eigenvalue weighted by atomic mass is 16.3. The van der Waals surface area contributed by atoms with Gasteiger partial charge in [-0.25, -0.2) is 9.97 Å². The van der Waals surface area contributed by atoms with Crippen LogP contribution in [0.25, 0.3) is 11.6 Å². The van der Waals surface area contributed by atoms with Gasteiger partial charge in [-0.15, -0.1) is 0 Å². The molecule has 2 aromatic heterocycles. The number of hydrogen-bond donors (Lipinski definition) is 3. The zero-order valence-corrected chi connectivity index (χ0v) is 12.0. The van der Waals surface area contributed by atoms with Gasteiger partial charge in [0.2, 0.25) is 5.89 Å². The van der Waals surface area contributed by atoms with Gasteiger partial charge in [-0.05, 0) is 24.1 Å². The summed E-state index contributed by atoms with van der Waals surface area (Å²) in [5.74, 6) is 0.141. The highest BCUT2D eigenvalue weighted by Crippen LogP contribution is 2.21. The van der Waals surface area contributed by atoms with E-state index in [0.717, 1.165) is 6.42 Å². The number of oxazole rings is 1. The lowest BCUT2D eigenvalue weighted by atomic mass is 10.1. The highest BCUT2D eigenvalue weighted by molar-refractivity contribution is 6.02. The number of aryl methyl sites for hydroxylation is 1. The summed E-state index contributed by atoms with van der Waals surface area (Å²) in [7, 11) is 0. The third-order valence-electron chi connectivity index (χ3n) is 3.24. The third-order valence-corrected chi connectivity index (χ3v) is 3.24. The Hall–Kier alpha value is -3.09. The summed E-state index contributed by atoms with van der Waals surface area (Å²) in [6.07, 6.45) is 3.67. The first-order chi connectivity index (χ1) is 10.7. The van der Waals surface area contributed by atoms with Crippen molar-refractivity contribution in [3.8, 4) is 11.6 Å². The van der Waals surface area contributed by atoms with Crippen LogP contribution in [0.2, 0.25) is 0 Å². The molecule has 2 heterocycles. The maximum atomic E-state index is 12.1. The van der Waals surface area contributed by atoms with E-state index in [1.54, 1.807) is 0 Å². The number of amides is 1. The Balaban J connectivity index is 1.75. The lowest BCUT2D eigenvalue weighted by Gasteiger charge is -2.03. The Bertz CT molecular complexity index is 788. The number of anilines is 2. The van der Waals surface area contributed by atoms with E-state index in [-0.39, 0.29) is 23.3 Å². The molecule has 0 saturated heterocycles. The van der Waals surface area contributed by atoms with E-state index in [9.17, 15) is 4.79 Å². The van der Waals surface area contributed by atoms with Crippen LogP contribution in [-0.2, 0) is 6.42 Å². The molecule has 0 atom stereocenters. The Morgan fingerprint density at radius 2 is 2.14 bits per heavy atom. The van der Waals surface area contributed by atoms with Gasteiger partial charge >= 0.3 is 0 Å². The molecule has 0 spiro atoms. The maximum Gasteiger partial charge on any atom is 0.277 e. The molecule has 3 rings (SSSR count). The van der Waals surface area contributed by atoms with Gasteiger partial charge in [-0.1, -0.05) is 19.1 Å². The van der Waals surface area contributed by atoms with Crippen molar-refractivity contribution in [3.63, 3.8) is 0 Å². The van der Waals surface area contributed by atoms with Crippen molar-refractivity contribution in [2.45, 2.75) is 13.3 Å². The van der Waals surface area contributed by atoms with Crippen molar-refractivity contribution >= 4 is 17.4 Å². The van der Waals surface area contributed by atoms with Crippen LogP contribution < -0.4 is 11.1 Å². The average Bonchev–Trinajstić information content (AvgIpc) is 3.16. The van der Waals surface area contributed by atoms with Crippen molar-refractivity contribution in [1.82, 2.24) is 15.0 Å². The summed E-state index contributed by atoms with van der Waals surface area (Å²) >= 11 is 0. The zero-order chi connectivity index (χ0) is 15.5. The molecular weight excluding hydrogens is 282 g/mol. The molecule has 1 amide bonds. The summed E-state index contributed by atoms with van der Waals surface area (Å²) in [5.41, 5.74) is 8.19. The fraction of sp³-hybridized carbons (Fsp3) is 0.133. The number of carbonyl (C=O) groups is 1. The Kier molecular flexibility index (Phi) is 3.61. The first kappa shape index (κ1) is 13.9. The van der Waals surface area contributed by atoms with Crippen molar-refractivity contribution in [1.29, 1.82) is 0 Å². The average molecular weight is 297 g/mol. The van der Waals surface area contributed by atoms with Crippen LogP contribution in [0.3, 0.4) is 0 Å². The predicted octanol–water partition coefficient (Wildman–Crippen LogP) is 2.46. The fourth-order valence-electron chi connectivity index (χ4n) is 1.99. The van der Waals surface area contributed by atoms with E-state index in [0.29, 0.717) is 11.4 Å². The van der Waals surface area contributed by atoms with E-state index in [1.807, 2.05) is 24.3 Å². The monoisotopic (exact) mass is 297 g/mol. The van der Waals surface area contributed by atoms with Gasteiger partial charge in [0.1, 0.15) is 12.0 Å². The lowest BCUT2D eigenvalue weighted by molar-refractivity contribution is 0.102. The first-order valence-corrected chi connectivity index (χ1v) is 6.82. The molecule has 7 nitrogen and oxygen atoms in total. The predicted molar refractivity (Wildman–Crippen MR) is 82.3 cm³/mol. The number of nitrogens with one attached hydrogen (secondary N) is 2. The number of H-pyrrole nitrogens is 1. The molecule has 1 aromatic carbocycles. The molecule has 7 heteroatoms. The molecule has 0 aliphatic rings. The molecule has 0 unspecified atom stereocenters. The Morgan fingerprint density at radius 1 is 1.36 bits per heavy atom. The molecule has 4 N–H and O–H groups in total. The van der Waals surface area contributed by atoms with Crippen LogP contribution >= 0.6 is 0 Å². The second-order valence-electron chi connectivity index (χ2n) is 4.71. The molecule has 112 valence electrons. The number of carbonyl (C=O) groups excluding carboxylic acids is 1. The lowest BCUT2D eigenvalue weighted by Crippen LogP contribution is -2.12. The molecule has 22 heavy (non-hydrogen) atoms. The first-order valence-electron chi connectivity index (χ1n) is 6.82. The van der Waals surface area contributed by atoms with Crippen LogP contribution in [0.1, 0.15) is 23.0 Å². The topological polar surface area (TPSA) is 110 Å². The maximum absolute atomic E-state index is 12.1. The van der Waals surface area contributed by atoms with Gasteiger partial charge in [-0.2, -0.15) is 0 Å². The van der Waals surface area contributed by atoms with Crippen molar-refractivity contribution in [3.05, 3.63) is 48.1 Å². The third kappa shape index (κ3) is 2.69. The highest BCUT2D eigenvalue weighted by Gasteiger charge is 2.16. The standard InChI is InChI=1S/C15H15N5O2/c1-2-9-3-5-10(6-4-9)19-14(21)11-7-22-15(20-11)12-13(16)18-8-17-12/h3-8H,2,16H2,1H3,(H,17,18)(H,19,21).